The van der Waals surface area contributed by atoms with Gasteiger partial charge in [0.1, 0.15) is 0 Å². The predicted octanol–water partition coefficient (Wildman–Crippen LogP) is 6.31. The molecule has 0 amide bonds. The third kappa shape index (κ3) is 4.60. The van der Waals surface area contributed by atoms with Crippen molar-refractivity contribution in [1.29, 1.82) is 0 Å². The molecular weight excluding hydrogens is 370 g/mol. The number of halogens is 2. The van der Waals surface area contributed by atoms with Gasteiger partial charge in [-0.15, -0.1) is 0 Å². The molecule has 1 nitrogen and oxygen atoms in total. The Labute approximate surface area is 150 Å². The van der Waals surface area contributed by atoms with Gasteiger partial charge in [-0.3, -0.25) is 0 Å². The van der Waals surface area contributed by atoms with Crippen molar-refractivity contribution in [2.24, 2.45) is 0 Å². The van der Waals surface area contributed by atoms with E-state index in [1.807, 2.05) is 24.3 Å². The maximum atomic E-state index is 6.24. The Bertz CT molecular complexity index is 697. The first-order valence-electron chi connectivity index (χ1n) is 7.49. The Hall–Kier alpha value is -1.77. The highest BCUT2D eigenvalue weighted by atomic mass is 79.9. The number of hydrogen-bond donors (Lipinski definition) is 0. The van der Waals surface area contributed by atoms with Crippen LogP contribution in [0.5, 0.6) is 0 Å². The number of rotatable bonds is 5. The molecule has 0 aliphatic carbocycles. The average molecular weight is 387 g/mol. The van der Waals surface area contributed by atoms with E-state index in [1.165, 1.54) is 11.1 Å². The molecule has 0 N–H and O–H groups in total. The molecule has 0 saturated heterocycles. The summed E-state index contributed by atoms with van der Waals surface area (Å²) < 4.78 is 0.992. The molecule has 0 saturated carbocycles. The second-order valence-corrected chi connectivity index (χ2v) is 6.81. The van der Waals surface area contributed by atoms with E-state index in [-0.39, 0.29) is 0 Å². The van der Waals surface area contributed by atoms with Gasteiger partial charge in [-0.1, -0.05) is 88.2 Å². The highest BCUT2D eigenvalue weighted by Gasteiger charge is 2.10. The van der Waals surface area contributed by atoms with Gasteiger partial charge < -0.3 is 4.90 Å². The van der Waals surface area contributed by atoms with Gasteiger partial charge in [-0.2, -0.15) is 0 Å². The third-order valence-corrected chi connectivity index (χ3v) is 4.32. The first-order chi connectivity index (χ1) is 11.2. The molecule has 3 heteroatoms. The Morgan fingerprint density at radius 2 is 1.26 bits per heavy atom. The maximum Gasteiger partial charge on any atom is 0.0437 e. The van der Waals surface area contributed by atoms with Crippen LogP contribution in [0.1, 0.15) is 11.1 Å². The molecule has 3 aromatic rings. The monoisotopic (exact) mass is 385 g/mol. The minimum atomic E-state index is 0.737. The van der Waals surface area contributed by atoms with Crippen LogP contribution in [0.2, 0.25) is 5.02 Å². The highest BCUT2D eigenvalue weighted by Crippen LogP contribution is 2.28. The lowest BCUT2D eigenvalue weighted by Gasteiger charge is -2.26. The molecule has 0 aliphatic heterocycles. The Kier molecular flexibility index (Phi) is 5.37. The Morgan fingerprint density at radius 1 is 0.739 bits per heavy atom. The second kappa shape index (κ2) is 7.67. The minimum absolute atomic E-state index is 0.737. The lowest BCUT2D eigenvalue weighted by Crippen LogP contribution is -2.22. The molecule has 3 rings (SSSR count). The number of benzene rings is 3. The largest absolute Gasteiger partial charge is 0.363 e. The van der Waals surface area contributed by atoms with Crippen LogP contribution < -0.4 is 4.90 Å². The summed E-state index contributed by atoms with van der Waals surface area (Å²) in [4.78, 5) is 2.33. The van der Waals surface area contributed by atoms with E-state index in [0.717, 1.165) is 28.3 Å². The smallest absolute Gasteiger partial charge is 0.0437 e. The van der Waals surface area contributed by atoms with Crippen LogP contribution in [-0.4, -0.2) is 0 Å². The van der Waals surface area contributed by atoms with Crippen molar-refractivity contribution >= 4 is 33.2 Å². The van der Waals surface area contributed by atoms with Gasteiger partial charge >= 0.3 is 0 Å². The van der Waals surface area contributed by atoms with Gasteiger partial charge in [-0.25, -0.2) is 0 Å². The number of anilines is 1. The molecule has 0 aromatic heterocycles. The molecule has 0 bridgehead atoms. The van der Waals surface area contributed by atoms with Crippen LogP contribution in [0.4, 0.5) is 5.69 Å². The van der Waals surface area contributed by atoms with Crippen LogP contribution in [-0.2, 0) is 13.1 Å². The summed E-state index contributed by atoms with van der Waals surface area (Å²) in [6, 6.07) is 27.0. The zero-order chi connectivity index (χ0) is 16.1. The minimum Gasteiger partial charge on any atom is -0.363 e. The zero-order valence-corrected chi connectivity index (χ0v) is 15.0. The molecule has 0 aliphatic rings. The lowest BCUT2D eigenvalue weighted by atomic mass is 10.1. The standard InChI is InChI=1S/C20H17BrClN/c21-18-11-19(22)13-20(12-18)23(14-16-7-3-1-4-8-16)15-17-9-5-2-6-10-17/h1-13H,14-15H2. The number of hydrogen-bond acceptors (Lipinski definition) is 1. The molecule has 0 radical (unpaired) electrons. The molecule has 23 heavy (non-hydrogen) atoms. The van der Waals surface area contributed by atoms with Crippen LogP contribution >= 0.6 is 27.5 Å². The molecule has 116 valence electrons. The summed E-state index contributed by atoms with van der Waals surface area (Å²) in [6.07, 6.45) is 0. The zero-order valence-electron chi connectivity index (χ0n) is 12.6. The van der Waals surface area contributed by atoms with Crippen molar-refractivity contribution in [3.05, 3.63) is 99.5 Å². The molecule has 0 unspecified atom stereocenters. The van der Waals surface area contributed by atoms with Gasteiger partial charge in [0, 0.05) is 28.3 Å². The fraction of sp³-hybridized carbons (Fsp3) is 0.100. The van der Waals surface area contributed by atoms with Gasteiger partial charge in [0.15, 0.2) is 0 Å². The van der Waals surface area contributed by atoms with Crippen LogP contribution in [0, 0.1) is 0 Å². The normalized spacial score (nSPS) is 10.5. The van der Waals surface area contributed by atoms with E-state index in [0.29, 0.717) is 0 Å². The maximum absolute atomic E-state index is 6.24. The first kappa shape index (κ1) is 16.1. The lowest BCUT2D eigenvalue weighted by molar-refractivity contribution is 0.800. The van der Waals surface area contributed by atoms with E-state index < -0.39 is 0 Å². The second-order valence-electron chi connectivity index (χ2n) is 5.45. The van der Waals surface area contributed by atoms with Crippen LogP contribution in [0.25, 0.3) is 0 Å². The van der Waals surface area contributed by atoms with Crippen molar-refractivity contribution in [3.63, 3.8) is 0 Å². The van der Waals surface area contributed by atoms with E-state index in [2.05, 4.69) is 75.4 Å². The number of nitrogens with zero attached hydrogens (tertiary/aromatic N) is 1. The summed E-state index contributed by atoms with van der Waals surface area (Å²) in [7, 11) is 0. The summed E-state index contributed by atoms with van der Waals surface area (Å²) in [6.45, 7) is 1.67. The van der Waals surface area contributed by atoms with Gasteiger partial charge in [-0.05, 0) is 29.3 Å². The molecular formula is C20H17BrClN. The molecule has 0 atom stereocenters. The van der Waals surface area contributed by atoms with Crippen molar-refractivity contribution in [3.8, 4) is 0 Å². The molecule has 0 fully saturated rings. The summed E-state index contributed by atoms with van der Waals surface area (Å²) >= 11 is 9.78. The van der Waals surface area contributed by atoms with Gasteiger partial charge in [0.2, 0.25) is 0 Å². The molecule has 0 heterocycles. The summed E-state index contributed by atoms with van der Waals surface area (Å²) in [5.41, 5.74) is 3.66. The SMILES string of the molecule is Clc1cc(Br)cc(N(Cc2ccccc2)Cc2ccccc2)c1. The van der Waals surface area contributed by atoms with E-state index in [9.17, 15) is 0 Å². The summed E-state index contributed by atoms with van der Waals surface area (Å²) in [5.74, 6) is 0. The first-order valence-corrected chi connectivity index (χ1v) is 8.67. The van der Waals surface area contributed by atoms with Crippen LogP contribution in [0.3, 0.4) is 0 Å². The summed E-state index contributed by atoms with van der Waals surface area (Å²) in [5, 5.41) is 0.737. The van der Waals surface area contributed by atoms with Crippen molar-refractivity contribution in [2.45, 2.75) is 13.1 Å². The Balaban J connectivity index is 1.92. The van der Waals surface area contributed by atoms with Crippen molar-refractivity contribution in [2.75, 3.05) is 4.90 Å². The third-order valence-electron chi connectivity index (χ3n) is 3.64. The van der Waals surface area contributed by atoms with E-state index in [1.54, 1.807) is 0 Å². The predicted molar refractivity (Wildman–Crippen MR) is 102 cm³/mol. The molecule has 3 aromatic carbocycles. The van der Waals surface area contributed by atoms with Crippen molar-refractivity contribution in [1.82, 2.24) is 0 Å². The quantitative estimate of drug-likeness (QED) is 0.496. The average Bonchev–Trinajstić information content (AvgIpc) is 2.55. The topological polar surface area (TPSA) is 3.24 Å². The van der Waals surface area contributed by atoms with E-state index in [4.69, 9.17) is 11.6 Å². The van der Waals surface area contributed by atoms with Crippen LogP contribution in [0.15, 0.2) is 83.3 Å². The fourth-order valence-corrected chi connectivity index (χ4v) is 3.41. The molecule has 0 spiro atoms. The Morgan fingerprint density at radius 3 is 1.74 bits per heavy atom. The highest BCUT2D eigenvalue weighted by molar-refractivity contribution is 9.10. The van der Waals surface area contributed by atoms with Gasteiger partial charge in [0.25, 0.3) is 0 Å². The fourth-order valence-electron chi connectivity index (χ4n) is 2.57. The van der Waals surface area contributed by atoms with Crippen molar-refractivity contribution < 1.29 is 0 Å². The van der Waals surface area contributed by atoms with Gasteiger partial charge in [0.05, 0.1) is 0 Å². The van der Waals surface area contributed by atoms with E-state index >= 15 is 0 Å².